The number of halogens is 1. The number of benzene rings is 1. The maximum Gasteiger partial charge on any atom is 0.133 e. The molecule has 0 bridgehead atoms. The minimum atomic E-state index is -0.238. The van der Waals surface area contributed by atoms with Crippen molar-refractivity contribution >= 4 is 0 Å². The second-order valence-corrected chi connectivity index (χ2v) is 4.95. The van der Waals surface area contributed by atoms with Crippen molar-refractivity contribution in [1.82, 2.24) is 15.3 Å². The molecule has 0 spiro atoms. The van der Waals surface area contributed by atoms with E-state index in [0.717, 1.165) is 42.3 Å². The van der Waals surface area contributed by atoms with E-state index in [1.54, 1.807) is 6.07 Å². The summed E-state index contributed by atoms with van der Waals surface area (Å²) in [5.41, 5.74) is 2.53. The Bertz CT molecular complexity index is 592. The van der Waals surface area contributed by atoms with Crippen molar-refractivity contribution in [2.24, 2.45) is 0 Å². The van der Waals surface area contributed by atoms with Gasteiger partial charge in [-0.3, -0.25) is 0 Å². The van der Waals surface area contributed by atoms with E-state index in [9.17, 15) is 4.39 Å². The van der Waals surface area contributed by atoms with Gasteiger partial charge in [0.05, 0.1) is 5.69 Å². The summed E-state index contributed by atoms with van der Waals surface area (Å²) >= 11 is 0. The van der Waals surface area contributed by atoms with Gasteiger partial charge in [-0.05, 0) is 38.1 Å². The Morgan fingerprint density at radius 3 is 2.89 bits per heavy atom. The lowest BCUT2D eigenvalue weighted by Crippen LogP contribution is -2.11. The summed E-state index contributed by atoms with van der Waals surface area (Å²) in [5, 5.41) is 3.32. The Balaban J connectivity index is 2.01. The van der Waals surface area contributed by atoms with Crippen LogP contribution in [-0.2, 0) is 0 Å². The van der Waals surface area contributed by atoms with Crippen LogP contribution in [0.3, 0.4) is 0 Å². The molecule has 1 aliphatic rings. The second kappa shape index (κ2) is 5.05. The Hall–Kier alpha value is -1.81. The normalized spacial score (nSPS) is 18.7. The first kappa shape index (κ1) is 12.2. The van der Waals surface area contributed by atoms with Crippen molar-refractivity contribution in [1.29, 1.82) is 0 Å². The number of hydrogen-bond acceptors (Lipinski definition) is 3. The van der Waals surface area contributed by atoms with Gasteiger partial charge >= 0.3 is 0 Å². The summed E-state index contributed by atoms with van der Waals surface area (Å²) < 4.78 is 13.3. The number of nitrogens with one attached hydrogen (secondary N) is 1. The molecule has 3 nitrogen and oxygen atoms in total. The predicted molar refractivity (Wildman–Crippen MR) is 72.4 cm³/mol. The standard InChI is InChI=1S/C15H16FN3/c1-10-7-14(11-3-2-4-13(16)8-11)19-15(18-10)12-5-6-17-9-12/h2-4,7-8,12,17H,5-6,9H2,1H3. The summed E-state index contributed by atoms with van der Waals surface area (Å²) in [4.78, 5) is 9.13. The molecule has 0 amide bonds. The highest BCUT2D eigenvalue weighted by Crippen LogP contribution is 2.24. The third-order valence-electron chi connectivity index (χ3n) is 3.42. The van der Waals surface area contributed by atoms with Crippen molar-refractivity contribution in [2.75, 3.05) is 13.1 Å². The van der Waals surface area contributed by atoms with Gasteiger partial charge in [-0.15, -0.1) is 0 Å². The van der Waals surface area contributed by atoms with Crippen LogP contribution >= 0.6 is 0 Å². The average Bonchev–Trinajstić information content (AvgIpc) is 2.92. The van der Waals surface area contributed by atoms with Crippen LogP contribution in [0.15, 0.2) is 30.3 Å². The van der Waals surface area contributed by atoms with Gasteiger partial charge in [-0.2, -0.15) is 0 Å². The van der Waals surface area contributed by atoms with Crippen LogP contribution in [0.5, 0.6) is 0 Å². The van der Waals surface area contributed by atoms with Gasteiger partial charge in [0.15, 0.2) is 0 Å². The van der Waals surface area contributed by atoms with Crippen LogP contribution in [0.25, 0.3) is 11.3 Å². The molecule has 1 unspecified atom stereocenters. The minimum Gasteiger partial charge on any atom is -0.316 e. The Morgan fingerprint density at radius 2 is 2.16 bits per heavy atom. The molecule has 1 saturated heterocycles. The van der Waals surface area contributed by atoms with Crippen molar-refractivity contribution in [3.8, 4) is 11.3 Å². The predicted octanol–water partition coefficient (Wildman–Crippen LogP) is 2.67. The number of aromatic nitrogens is 2. The Morgan fingerprint density at radius 1 is 1.26 bits per heavy atom. The maximum atomic E-state index is 13.3. The zero-order valence-electron chi connectivity index (χ0n) is 10.9. The summed E-state index contributed by atoms with van der Waals surface area (Å²) in [7, 11) is 0. The molecule has 1 aromatic heterocycles. The molecule has 1 aromatic carbocycles. The first-order chi connectivity index (χ1) is 9.22. The van der Waals surface area contributed by atoms with Crippen LogP contribution in [0.2, 0.25) is 0 Å². The molecule has 3 rings (SSSR count). The average molecular weight is 257 g/mol. The summed E-state index contributed by atoms with van der Waals surface area (Å²) in [5.74, 6) is 0.995. The van der Waals surface area contributed by atoms with E-state index in [1.807, 2.05) is 19.1 Å². The van der Waals surface area contributed by atoms with Gasteiger partial charge in [0, 0.05) is 23.7 Å². The molecular formula is C15H16FN3. The monoisotopic (exact) mass is 257 g/mol. The van der Waals surface area contributed by atoms with E-state index >= 15 is 0 Å². The van der Waals surface area contributed by atoms with Crippen molar-refractivity contribution < 1.29 is 4.39 Å². The highest BCUT2D eigenvalue weighted by molar-refractivity contribution is 5.59. The number of nitrogens with zero attached hydrogens (tertiary/aromatic N) is 2. The van der Waals surface area contributed by atoms with Gasteiger partial charge < -0.3 is 5.32 Å². The smallest absolute Gasteiger partial charge is 0.133 e. The highest BCUT2D eigenvalue weighted by Gasteiger charge is 2.20. The van der Waals surface area contributed by atoms with Gasteiger partial charge in [0.2, 0.25) is 0 Å². The molecule has 4 heteroatoms. The van der Waals surface area contributed by atoms with Crippen molar-refractivity contribution in [2.45, 2.75) is 19.3 Å². The van der Waals surface area contributed by atoms with E-state index in [0.29, 0.717) is 5.92 Å². The zero-order chi connectivity index (χ0) is 13.2. The maximum absolute atomic E-state index is 13.3. The first-order valence-corrected chi connectivity index (χ1v) is 6.54. The fourth-order valence-electron chi connectivity index (χ4n) is 2.44. The lowest BCUT2D eigenvalue weighted by Gasteiger charge is -2.10. The topological polar surface area (TPSA) is 37.8 Å². The molecule has 2 heterocycles. The molecule has 1 N–H and O–H groups in total. The van der Waals surface area contributed by atoms with Crippen LogP contribution in [0.1, 0.15) is 23.9 Å². The molecule has 98 valence electrons. The quantitative estimate of drug-likeness (QED) is 0.898. The van der Waals surface area contributed by atoms with Crippen LogP contribution < -0.4 is 5.32 Å². The zero-order valence-corrected chi connectivity index (χ0v) is 10.9. The molecular weight excluding hydrogens is 241 g/mol. The lowest BCUT2D eigenvalue weighted by atomic mass is 10.1. The first-order valence-electron chi connectivity index (χ1n) is 6.54. The van der Waals surface area contributed by atoms with Gasteiger partial charge in [0.25, 0.3) is 0 Å². The third kappa shape index (κ3) is 2.63. The molecule has 2 aromatic rings. The Labute approximate surface area is 111 Å². The number of hydrogen-bond donors (Lipinski definition) is 1. The molecule has 0 saturated carbocycles. The van der Waals surface area contributed by atoms with E-state index in [2.05, 4.69) is 15.3 Å². The van der Waals surface area contributed by atoms with Crippen LogP contribution in [0, 0.1) is 12.7 Å². The summed E-state index contributed by atoms with van der Waals surface area (Å²) in [6.07, 6.45) is 1.06. The largest absolute Gasteiger partial charge is 0.316 e. The van der Waals surface area contributed by atoms with Crippen LogP contribution in [-0.4, -0.2) is 23.1 Å². The fourth-order valence-corrected chi connectivity index (χ4v) is 2.44. The molecule has 0 radical (unpaired) electrons. The minimum absolute atomic E-state index is 0.238. The highest BCUT2D eigenvalue weighted by atomic mass is 19.1. The molecule has 1 fully saturated rings. The summed E-state index contributed by atoms with van der Waals surface area (Å²) in [6, 6.07) is 8.44. The fraction of sp³-hybridized carbons (Fsp3) is 0.333. The lowest BCUT2D eigenvalue weighted by molar-refractivity contribution is 0.628. The van der Waals surface area contributed by atoms with E-state index in [-0.39, 0.29) is 5.82 Å². The number of aryl methyl sites for hydroxylation is 1. The second-order valence-electron chi connectivity index (χ2n) is 4.95. The van der Waals surface area contributed by atoms with Gasteiger partial charge in [-0.1, -0.05) is 12.1 Å². The third-order valence-corrected chi connectivity index (χ3v) is 3.42. The van der Waals surface area contributed by atoms with Gasteiger partial charge in [-0.25, -0.2) is 14.4 Å². The summed E-state index contributed by atoms with van der Waals surface area (Å²) in [6.45, 7) is 3.89. The van der Waals surface area contributed by atoms with E-state index in [1.165, 1.54) is 12.1 Å². The van der Waals surface area contributed by atoms with Gasteiger partial charge in [0.1, 0.15) is 11.6 Å². The molecule has 1 aliphatic heterocycles. The van der Waals surface area contributed by atoms with E-state index < -0.39 is 0 Å². The van der Waals surface area contributed by atoms with Crippen molar-refractivity contribution in [3.05, 3.63) is 47.7 Å². The Kier molecular flexibility index (Phi) is 3.25. The number of rotatable bonds is 2. The molecule has 1 atom stereocenters. The van der Waals surface area contributed by atoms with Crippen LogP contribution in [0.4, 0.5) is 4.39 Å². The van der Waals surface area contributed by atoms with Crippen molar-refractivity contribution in [3.63, 3.8) is 0 Å². The molecule has 19 heavy (non-hydrogen) atoms. The van der Waals surface area contributed by atoms with E-state index in [4.69, 9.17) is 0 Å². The molecule has 0 aliphatic carbocycles. The SMILES string of the molecule is Cc1cc(-c2cccc(F)c2)nc(C2CCNC2)n1.